The van der Waals surface area contributed by atoms with Gasteiger partial charge in [-0.3, -0.25) is 4.79 Å². The van der Waals surface area contributed by atoms with Crippen molar-refractivity contribution in [3.05, 3.63) is 46.8 Å². The van der Waals surface area contributed by atoms with Crippen LogP contribution in [0.4, 0.5) is 5.69 Å². The monoisotopic (exact) mass is 284 g/mol. The SMILES string of the molecule is Cc1cc(C#CCCO)cc(NC(=O)c2cc(C)no2)c1. The highest BCUT2D eigenvalue weighted by Crippen LogP contribution is 2.15. The summed E-state index contributed by atoms with van der Waals surface area (Å²) in [5.41, 5.74) is 3.06. The molecule has 1 aromatic carbocycles. The molecule has 0 unspecified atom stereocenters. The molecule has 5 heteroatoms. The quantitative estimate of drug-likeness (QED) is 0.848. The molecule has 1 amide bonds. The first-order chi connectivity index (χ1) is 10.1. The summed E-state index contributed by atoms with van der Waals surface area (Å²) in [5.74, 6) is 5.62. The Kier molecular flexibility index (Phi) is 4.75. The van der Waals surface area contributed by atoms with Crippen LogP contribution in [0.5, 0.6) is 0 Å². The van der Waals surface area contributed by atoms with E-state index in [0.29, 0.717) is 17.8 Å². The van der Waals surface area contributed by atoms with Crippen LogP contribution in [-0.4, -0.2) is 22.8 Å². The fraction of sp³-hybridized carbons (Fsp3) is 0.250. The lowest BCUT2D eigenvalue weighted by atomic mass is 10.1. The number of rotatable bonds is 3. The second kappa shape index (κ2) is 6.73. The van der Waals surface area contributed by atoms with Crippen LogP contribution in [0, 0.1) is 25.7 Å². The molecule has 0 aliphatic carbocycles. The van der Waals surface area contributed by atoms with Gasteiger partial charge in [-0.2, -0.15) is 0 Å². The smallest absolute Gasteiger partial charge is 0.294 e. The zero-order valence-corrected chi connectivity index (χ0v) is 11.9. The predicted molar refractivity (Wildman–Crippen MR) is 79.0 cm³/mol. The van der Waals surface area contributed by atoms with E-state index in [2.05, 4.69) is 22.3 Å². The van der Waals surface area contributed by atoms with Gasteiger partial charge >= 0.3 is 0 Å². The minimum absolute atomic E-state index is 0.0350. The number of hydrogen-bond acceptors (Lipinski definition) is 4. The first kappa shape index (κ1) is 14.8. The molecule has 0 atom stereocenters. The van der Waals surface area contributed by atoms with Crippen LogP contribution in [0.1, 0.15) is 33.8 Å². The number of carbonyl (C=O) groups excluding carboxylic acids is 1. The molecule has 0 radical (unpaired) electrons. The van der Waals surface area contributed by atoms with Crippen molar-refractivity contribution in [2.45, 2.75) is 20.3 Å². The number of anilines is 1. The molecule has 21 heavy (non-hydrogen) atoms. The van der Waals surface area contributed by atoms with Crippen LogP contribution in [0.25, 0.3) is 0 Å². The van der Waals surface area contributed by atoms with E-state index in [1.54, 1.807) is 19.1 Å². The van der Waals surface area contributed by atoms with Crippen LogP contribution < -0.4 is 5.32 Å². The van der Waals surface area contributed by atoms with Gasteiger partial charge in [0.15, 0.2) is 0 Å². The molecule has 1 heterocycles. The largest absolute Gasteiger partial charge is 0.395 e. The average Bonchev–Trinajstić information content (AvgIpc) is 2.85. The topological polar surface area (TPSA) is 75.4 Å². The summed E-state index contributed by atoms with van der Waals surface area (Å²) in [4.78, 5) is 12.0. The van der Waals surface area contributed by atoms with Gasteiger partial charge in [0.1, 0.15) is 0 Å². The van der Waals surface area contributed by atoms with E-state index in [-0.39, 0.29) is 18.3 Å². The van der Waals surface area contributed by atoms with Gasteiger partial charge in [0, 0.05) is 23.7 Å². The van der Waals surface area contributed by atoms with Crippen molar-refractivity contribution in [2.24, 2.45) is 0 Å². The normalized spacial score (nSPS) is 9.86. The first-order valence-corrected chi connectivity index (χ1v) is 6.54. The average molecular weight is 284 g/mol. The van der Waals surface area contributed by atoms with Crippen LogP contribution in [0.15, 0.2) is 28.8 Å². The zero-order chi connectivity index (χ0) is 15.2. The highest BCUT2D eigenvalue weighted by Gasteiger charge is 2.12. The van der Waals surface area contributed by atoms with Crippen LogP contribution >= 0.6 is 0 Å². The molecule has 0 spiro atoms. The van der Waals surface area contributed by atoms with E-state index in [1.807, 2.05) is 19.1 Å². The Morgan fingerprint density at radius 3 is 2.81 bits per heavy atom. The molecule has 0 saturated carbocycles. The second-order valence-electron chi connectivity index (χ2n) is 4.65. The van der Waals surface area contributed by atoms with Crippen molar-refractivity contribution >= 4 is 11.6 Å². The van der Waals surface area contributed by atoms with Gasteiger partial charge in [-0.15, -0.1) is 0 Å². The van der Waals surface area contributed by atoms with E-state index in [0.717, 1.165) is 11.1 Å². The molecule has 1 aromatic heterocycles. The Labute approximate surface area is 123 Å². The van der Waals surface area contributed by atoms with Crippen molar-refractivity contribution in [1.29, 1.82) is 0 Å². The van der Waals surface area contributed by atoms with Crippen molar-refractivity contribution in [3.8, 4) is 11.8 Å². The van der Waals surface area contributed by atoms with E-state index in [4.69, 9.17) is 9.63 Å². The molecule has 0 aliphatic heterocycles. The third kappa shape index (κ3) is 4.20. The van der Waals surface area contributed by atoms with Gasteiger partial charge in [0.25, 0.3) is 5.91 Å². The van der Waals surface area contributed by atoms with Crippen molar-refractivity contribution in [1.82, 2.24) is 5.16 Å². The molecule has 5 nitrogen and oxygen atoms in total. The number of carbonyl (C=O) groups is 1. The van der Waals surface area contributed by atoms with Crippen molar-refractivity contribution < 1.29 is 14.4 Å². The van der Waals surface area contributed by atoms with Gasteiger partial charge in [-0.25, -0.2) is 0 Å². The maximum Gasteiger partial charge on any atom is 0.294 e. The summed E-state index contributed by atoms with van der Waals surface area (Å²) in [6, 6.07) is 7.11. The standard InChI is InChI=1S/C16H16N2O3/c1-11-7-13(5-3-4-6-19)10-14(8-11)17-16(20)15-9-12(2)18-21-15/h7-10,19H,4,6H2,1-2H3,(H,17,20). The number of aliphatic hydroxyl groups excluding tert-OH is 1. The fourth-order valence-electron chi connectivity index (χ4n) is 1.81. The Hall–Kier alpha value is -2.58. The third-order valence-electron chi connectivity index (χ3n) is 2.66. The molecular weight excluding hydrogens is 268 g/mol. The van der Waals surface area contributed by atoms with E-state index in [9.17, 15) is 4.79 Å². The highest BCUT2D eigenvalue weighted by atomic mass is 16.5. The van der Waals surface area contributed by atoms with Gasteiger partial charge in [0.05, 0.1) is 12.3 Å². The molecular formula is C16H16N2O3. The molecule has 0 fully saturated rings. The van der Waals surface area contributed by atoms with E-state index >= 15 is 0 Å². The summed E-state index contributed by atoms with van der Waals surface area (Å²) >= 11 is 0. The number of benzene rings is 1. The molecule has 0 aliphatic rings. The summed E-state index contributed by atoms with van der Waals surface area (Å²) in [6.45, 7) is 3.71. The molecule has 2 aromatic rings. The van der Waals surface area contributed by atoms with Gasteiger partial charge in [0.2, 0.25) is 5.76 Å². The second-order valence-corrected chi connectivity index (χ2v) is 4.65. The van der Waals surface area contributed by atoms with Crippen LogP contribution in [0.2, 0.25) is 0 Å². The number of hydrogen-bond donors (Lipinski definition) is 2. The number of nitrogens with zero attached hydrogens (tertiary/aromatic N) is 1. The zero-order valence-electron chi connectivity index (χ0n) is 11.9. The van der Waals surface area contributed by atoms with Crippen LogP contribution in [0.3, 0.4) is 0 Å². The van der Waals surface area contributed by atoms with Gasteiger partial charge < -0.3 is 14.9 Å². The van der Waals surface area contributed by atoms with Crippen LogP contribution in [-0.2, 0) is 0 Å². The fourth-order valence-corrected chi connectivity index (χ4v) is 1.81. The van der Waals surface area contributed by atoms with E-state index < -0.39 is 0 Å². The Morgan fingerprint density at radius 1 is 1.33 bits per heavy atom. The van der Waals surface area contributed by atoms with Crippen molar-refractivity contribution in [2.75, 3.05) is 11.9 Å². The molecule has 0 bridgehead atoms. The maximum atomic E-state index is 12.0. The van der Waals surface area contributed by atoms with Gasteiger partial charge in [-0.1, -0.05) is 17.0 Å². The van der Waals surface area contributed by atoms with Gasteiger partial charge in [-0.05, 0) is 37.6 Å². The number of amides is 1. The number of aromatic nitrogens is 1. The lowest BCUT2D eigenvalue weighted by Gasteiger charge is -2.05. The minimum atomic E-state index is -0.351. The van der Waals surface area contributed by atoms with E-state index in [1.165, 1.54) is 0 Å². The Balaban J connectivity index is 2.17. The highest BCUT2D eigenvalue weighted by molar-refractivity contribution is 6.02. The molecule has 0 saturated heterocycles. The Bertz CT molecular complexity index is 708. The summed E-state index contributed by atoms with van der Waals surface area (Å²) in [5, 5.41) is 15.2. The maximum absolute atomic E-state index is 12.0. The Morgan fingerprint density at radius 2 is 2.14 bits per heavy atom. The number of aryl methyl sites for hydroxylation is 2. The molecule has 2 N–H and O–H groups in total. The third-order valence-corrected chi connectivity index (χ3v) is 2.66. The number of aliphatic hydroxyl groups is 1. The molecule has 2 rings (SSSR count). The summed E-state index contributed by atoms with van der Waals surface area (Å²) in [7, 11) is 0. The number of nitrogens with one attached hydrogen (secondary N) is 1. The lowest BCUT2D eigenvalue weighted by Crippen LogP contribution is -2.11. The summed E-state index contributed by atoms with van der Waals surface area (Å²) in [6.07, 6.45) is 0.424. The first-order valence-electron chi connectivity index (χ1n) is 6.54. The summed E-state index contributed by atoms with van der Waals surface area (Å²) < 4.78 is 4.92. The molecule has 108 valence electrons. The van der Waals surface area contributed by atoms with Crippen molar-refractivity contribution in [3.63, 3.8) is 0 Å². The lowest BCUT2D eigenvalue weighted by molar-refractivity contribution is 0.0988. The predicted octanol–water partition coefficient (Wildman–Crippen LogP) is 2.28. The minimum Gasteiger partial charge on any atom is -0.395 e.